The SMILES string of the molecule is CCCCN(C)C(=O)CN1CC(c2ccc3c(c2)OCO3)[C@H](C(=O)O)[C@H]1c1ccc(OC)cc1OCOC. The number of carbonyl (C=O) groups is 2. The van der Waals surface area contributed by atoms with E-state index >= 15 is 0 Å². The Hall–Kier alpha value is -3.50. The van der Waals surface area contributed by atoms with Crippen molar-refractivity contribution in [3.8, 4) is 23.0 Å². The van der Waals surface area contributed by atoms with Gasteiger partial charge in [-0.3, -0.25) is 14.5 Å². The quantitative estimate of drug-likeness (QED) is 0.414. The molecule has 2 aromatic rings. The molecule has 1 fully saturated rings. The number of rotatable bonds is 12. The largest absolute Gasteiger partial charge is 0.497 e. The first kappa shape index (κ1) is 27.5. The number of hydrogen-bond acceptors (Lipinski definition) is 8. The molecular formula is C28H36N2O8. The maximum Gasteiger partial charge on any atom is 0.309 e. The van der Waals surface area contributed by atoms with Gasteiger partial charge in [0.1, 0.15) is 11.5 Å². The number of carbonyl (C=O) groups excluding carboxylic acids is 1. The second-order valence-corrected chi connectivity index (χ2v) is 9.58. The minimum absolute atomic E-state index is 0.0189. The molecule has 0 bridgehead atoms. The van der Waals surface area contributed by atoms with Gasteiger partial charge in [0.05, 0.1) is 25.6 Å². The van der Waals surface area contributed by atoms with Crippen molar-refractivity contribution in [1.82, 2.24) is 9.80 Å². The third kappa shape index (κ3) is 5.81. The average Bonchev–Trinajstić information content (AvgIpc) is 3.54. The van der Waals surface area contributed by atoms with Crippen molar-refractivity contribution < 1.29 is 38.4 Å². The number of unbranched alkanes of at least 4 members (excludes halogenated alkanes) is 1. The molecule has 1 saturated heterocycles. The molecule has 4 rings (SSSR count). The van der Waals surface area contributed by atoms with Crippen LogP contribution < -0.4 is 18.9 Å². The fourth-order valence-corrected chi connectivity index (χ4v) is 5.19. The van der Waals surface area contributed by atoms with Gasteiger partial charge in [-0.1, -0.05) is 25.5 Å². The van der Waals surface area contributed by atoms with E-state index in [0.29, 0.717) is 41.7 Å². The van der Waals surface area contributed by atoms with Crippen LogP contribution in [0.25, 0.3) is 0 Å². The van der Waals surface area contributed by atoms with Crippen LogP contribution in [0, 0.1) is 5.92 Å². The van der Waals surface area contributed by atoms with Crippen molar-refractivity contribution in [2.24, 2.45) is 5.92 Å². The molecule has 2 aliphatic heterocycles. The van der Waals surface area contributed by atoms with Gasteiger partial charge in [-0.2, -0.15) is 0 Å². The smallest absolute Gasteiger partial charge is 0.309 e. The molecule has 38 heavy (non-hydrogen) atoms. The molecule has 3 atom stereocenters. The summed E-state index contributed by atoms with van der Waals surface area (Å²) in [4.78, 5) is 29.8. The first-order valence-corrected chi connectivity index (χ1v) is 12.8. The molecule has 1 amide bonds. The number of amides is 1. The minimum atomic E-state index is -0.958. The van der Waals surface area contributed by atoms with Crippen LogP contribution >= 0.6 is 0 Å². The number of hydrogen-bond donors (Lipinski definition) is 1. The number of aliphatic carboxylic acids is 1. The number of ether oxygens (including phenoxy) is 5. The zero-order valence-corrected chi connectivity index (χ0v) is 22.3. The van der Waals surface area contributed by atoms with Crippen LogP contribution in [-0.4, -0.2) is 81.3 Å². The van der Waals surface area contributed by atoms with E-state index in [-0.39, 0.29) is 26.0 Å². The summed E-state index contributed by atoms with van der Waals surface area (Å²) in [5, 5.41) is 10.5. The Morgan fingerprint density at radius 2 is 1.92 bits per heavy atom. The standard InChI is InChI=1S/C28H36N2O8/c1-5-6-11-29(2)25(31)15-30-14-21(18-7-10-22-24(12-18)38-17-37-22)26(28(32)33)27(30)20-9-8-19(35-4)13-23(20)36-16-34-3/h7-10,12-13,21,26-27H,5-6,11,14-17H2,1-4H3,(H,32,33)/t21?,26-,27+/m0/s1. The molecular weight excluding hydrogens is 492 g/mol. The predicted octanol–water partition coefficient (Wildman–Crippen LogP) is 3.51. The van der Waals surface area contributed by atoms with E-state index in [1.54, 1.807) is 37.3 Å². The Morgan fingerprint density at radius 3 is 2.63 bits per heavy atom. The molecule has 2 heterocycles. The Kier molecular flexibility index (Phi) is 8.96. The minimum Gasteiger partial charge on any atom is -0.497 e. The summed E-state index contributed by atoms with van der Waals surface area (Å²) in [6, 6.07) is 10.2. The summed E-state index contributed by atoms with van der Waals surface area (Å²) in [7, 11) is 4.85. The van der Waals surface area contributed by atoms with Crippen LogP contribution in [0.1, 0.15) is 42.9 Å². The van der Waals surface area contributed by atoms with E-state index in [2.05, 4.69) is 6.92 Å². The first-order valence-electron chi connectivity index (χ1n) is 12.8. The van der Waals surface area contributed by atoms with Crippen molar-refractivity contribution in [2.45, 2.75) is 31.7 Å². The zero-order valence-electron chi connectivity index (χ0n) is 22.3. The number of methoxy groups -OCH3 is 2. The summed E-state index contributed by atoms with van der Waals surface area (Å²) in [6.07, 6.45) is 1.88. The lowest BCUT2D eigenvalue weighted by molar-refractivity contribution is -0.143. The number of carboxylic acids is 1. The van der Waals surface area contributed by atoms with Crippen LogP contribution in [0.3, 0.4) is 0 Å². The summed E-state index contributed by atoms with van der Waals surface area (Å²) in [5.41, 5.74) is 1.47. The van der Waals surface area contributed by atoms with E-state index < -0.39 is 23.8 Å². The van der Waals surface area contributed by atoms with Gasteiger partial charge in [0.15, 0.2) is 18.3 Å². The monoisotopic (exact) mass is 528 g/mol. The molecule has 1 N–H and O–H groups in total. The Balaban J connectivity index is 1.76. The molecule has 1 unspecified atom stereocenters. The number of carboxylic acid groups (broad SMARTS) is 1. The molecule has 0 spiro atoms. The van der Waals surface area contributed by atoms with E-state index in [9.17, 15) is 14.7 Å². The van der Waals surface area contributed by atoms with Crippen molar-refractivity contribution in [1.29, 1.82) is 0 Å². The van der Waals surface area contributed by atoms with Gasteiger partial charge < -0.3 is 33.7 Å². The highest BCUT2D eigenvalue weighted by Gasteiger charge is 2.49. The van der Waals surface area contributed by atoms with E-state index in [1.807, 2.05) is 23.1 Å². The fourth-order valence-electron chi connectivity index (χ4n) is 5.19. The number of likely N-dealkylation sites (tertiary alicyclic amines) is 1. The van der Waals surface area contributed by atoms with Gasteiger partial charge in [-0.05, 0) is 30.2 Å². The highest BCUT2D eigenvalue weighted by atomic mass is 16.7. The van der Waals surface area contributed by atoms with Gasteiger partial charge in [0.25, 0.3) is 0 Å². The van der Waals surface area contributed by atoms with Gasteiger partial charge >= 0.3 is 5.97 Å². The summed E-state index contributed by atoms with van der Waals surface area (Å²) < 4.78 is 27.4. The number of nitrogens with zero attached hydrogens (tertiary/aromatic N) is 2. The lowest BCUT2D eigenvalue weighted by atomic mass is 9.82. The highest BCUT2D eigenvalue weighted by molar-refractivity contribution is 5.79. The normalized spacial score (nSPS) is 20.4. The fraction of sp³-hybridized carbons (Fsp3) is 0.500. The lowest BCUT2D eigenvalue weighted by Crippen LogP contribution is -2.39. The molecule has 0 radical (unpaired) electrons. The van der Waals surface area contributed by atoms with Crippen LogP contribution in [0.4, 0.5) is 0 Å². The summed E-state index contributed by atoms with van der Waals surface area (Å²) in [5.74, 6) is -0.0481. The highest BCUT2D eigenvalue weighted by Crippen LogP contribution is 2.49. The first-order chi connectivity index (χ1) is 18.4. The van der Waals surface area contributed by atoms with Gasteiger partial charge in [0, 0.05) is 44.8 Å². The van der Waals surface area contributed by atoms with Crippen molar-refractivity contribution in [3.63, 3.8) is 0 Å². The summed E-state index contributed by atoms with van der Waals surface area (Å²) >= 11 is 0. The number of benzene rings is 2. The molecule has 2 aliphatic rings. The second kappa shape index (κ2) is 12.4. The Labute approximate surface area is 223 Å². The van der Waals surface area contributed by atoms with Gasteiger partial charge in [0.2, 0.25) is 12.7 Å². The number of fused-ring (bicyclic) bond motifs is 1. The maximum atomic E-state index is 13.2. The molecule has 0 aromatic heterocycles. The van der Waals surface area contributed by atoms with Gasteiger partial charge in [-0.15, -0.1) is 0 Å². The molecule has 0 aliphatic carbocycles. The molecule has 10 heteroatoms. The Bertz CT molecular complexity index is 1140. The molecule has 206 valence electrons. The Morgan fingerprint density at radius 1 is 1.13 bits per heavy atom. The van der Waals surface area contributed by atoms with Crippen LogP contribution in [0.2, 0.25) is 0 Å². The molecule has 2 aromatic carbocycles. The van der Waals surface area contributed by atoms with E-state index in [0.717, 1.165) is 18.4 Å². The van der Waals surface area contributed by atoms with E-state index in [4.69, 9.17) is 23.7 Å². The average molecular weight is 529 g/mol. The van der Waals surface area contributed by atoms with Gasteiger partial charge in [-0.25, -0.2) is 0 Å². The van der Waals surface area contributed by atoms with Crippen molar-refractivity contribution >= 4 is 11.9 Å². The molecule has 10 nitrogen and oxygen atoms in total. The van der Waals surface area contributed by atoms with Crippen molar-refractivity contribution in [3.05, 3.63) is 47.5 Å². The third-order valence-corrected chi connectivity index (χ3v) is 7.19. The molecule has 0 saturated carbocycles. The topological polar surface area (TPSA) is 107 Å². The summed E-state index contributed by atoms with van der Waals surface area (Å²) in [6.45, 7) is 3.27. The predicted molar refractivity (Wildman–Crippen MR) is 139 cm³/mol. The van der Waals surface area contributed by atoms with Crippen LogP contribution in [0.15, 0.2) is 36.4 Å². The second-order valence-electron chi connectivity index (χ2n) is 9.58. The third-order valence-electron chi connectivity index (χ3n) is 7.19. The van der Waals surface area contributed by atoms with Crippen molar-refractivity contribution in [2.75, 3.05) is 54.5 Å². The zero-order chi connectivity index (χ0) is 27.2. The maximum absolute atomic E-state index is 13.2. The van der Waals surface area contributed by atoms with E-state index in [1.165, 1.54) is 7.11 Å². The van der Waals surface area contributed by atoms with Crippen LogP contribution in [0.5, 0.6) is 23.0 Å². The number of likely N-dealkylation sites (N-methyl/N-ethyl adjacent to an activating group) is 1. The lowest BCUT2D eigenvalue weighted by Gasteiger charge is -2.30. The van der Waals surface area contributed by atoms with Crippen LogP contribution in [-0.2, 0) is 14.3 Å².